The molecule has 0 saturated heterocycles. The summed E-state index contributed by atoms with van der Waals surface area (Å²) in [6.45, 7) is -0.0554. The number of hydrogen-bond acceptors (Lipinski definition) is 4. The molecule has 3 aromatic rings. The Morgan fingerprint density at radius 3 is 2.57 bits per heavy atom. The number of carbonyl (C=O) groups excluding carboxylic acids is 1. The highest BCUT2D eigenvalue weighted by molar-refractivity contribution is 9.10. The second-order valence-corrected chi connectivity index (χ2v) is 5.20. The van der Waals surface area contributed by atoms with Crippen LogP contribution in [-0.2, 0) is 11.3 Å². The van der Waals surface area contributed by atoms with Gasteiger partial charge in [-0.3, -0.25) is 9.36 Å². The molecule has 104 valence electrons. The molecular weight excluding hydrogens is 334 g/mol. The molecule has 0 amide bonds. The Kier molecular flexibility index (Phi) is 3.62. The van der Waals surface area contributed by atoms with Gasteiger partial charge in [-0.1, -0.05) is 30.3 Å². The standard InChI is InChI=1S/C15H10BrN3O2/c16-12-7-6-11-13(18-12)15(21)19(8-9-20)14(17-11)10-4-2-1-3-5-10/h1-7,9H,8H2. The Balaban J connectivity index is 2.38. The molecule has 0 spiro atoms. The maximum atomic E-state index is 12.5. The Labute approximate surface area is 128 Å². The van der Waals surface area contributed by atoms with Crippen molar-refractivity contribution >= 4 is 33.2 Å². The molecule has 0 fully saturated rings. The van der Waals surface area contributed by atoms with E-state index in [1.54, 1.807) is 12.1 Å². The maximum absolute atomic E-state index is 12.5. The van der Waals surface area contributed by atoms with E-state index in [4.69, 9.17) is 0 Å². The normalized spacial score (nSPS) is 10.7. The molecule has 3 rings (SSSR count). The molecule has 0 unspecified atom stereocenters. The third-order valence-electron chi connectivity index (χ3n) is 3.06. The summed E-state index contributed by atoms with van der Waals surface area (Å²) in [6.07, 6.45) is 0.680. The number of hydrogen-bond donors (Lipinski definition) is 0. The van der Waals surface area contributed by atoms with Crippen molar-refractivity contribution in [1.29, 1.82) is 0 Å². The molecule has 0 saturated carbocycles. The molecule has 2 aromatic heterocycles. The number of benzene rings is 1. The maximum Gasteiger partial charge on any atom is 0.280 e. The summed E-state index contributed by atoms with van der Waals surface area (Å²) < 4.78 is 1.89. The first kappa shape index (κ1) is 13.6. The summed E-state index contributed by atoms with van der Waals surface area (Å²) in [5.74, 6) is 0.462. The minimum Gasteiger partial charge on any atom is -0.301 e. The summed E-state index contributed by atoms with van der Waals surface area (Å²) in [5, 5.41) is 0. The highest BCUT2D eigenvalue weighted by atomic mass is 79.9. The molecule has 0 aliphatic heterocycles. The van der Waals surface area contributed by atoms with E-state index < -0.39 is 0 Å². The minimum absolute atomic E-state index is 0.0554. The zero-order chi connectivity index (χ0) is 14.8. The van der Waals surface area contributed by atoms with Gasteiger partial charge >= 0.3 is 0 Å². The fourth-order valence-corrected chi connectivity index (χ4v) is 2.44. The van der Waals surface area contributed by atoms with Gasteiger partial charge in [0.2, 0.25) is 0 Å². The van der Waals surface area contributed by atoms with Crippen molar-refractivity contribution in [3.8, 4) is 11.4 Å². The lowest BCUT2D eigenvalue weighted by Gasteiger charge is -2.10. The fraction of sp³-hybridized carbons (Fsp3) is 0.0667. The van der Waals surface area contributed by atoms with E-state index in [-0.39, 0.29) is 17.6 Å². The van der Waals surface area contributed by atoms with Crippen molar-refractivity contribution in [1.82, 2.24) is 14.5 Å². The van der Waals surface area contributed by atoms with E-state index in [9.17, 15) is 9.59 Å². The van der Waals surface area contributed by atoms with Crippen LogP contribution in [0.15, 0.2) is 51.9 Å². The number of pyridine rings is 1. The van der Waals surface area contributed by atoms with Crippen LogP contribution in [0.3, 0.4) is 0 Å². The second kappa shape index (κ2) is 5.57. The molecule has 0 aliphatic rings. The van der Waals surface area contributed by atoms with Crippen molar-refractivity contribution in [2.45, 2.75) is 6.54 Å². The van der Waals surface area contributed by atoms with Gasteiger partial charge in [-0.15, -0.1) is 0 Å². The second-order valence-electron chi connectivity index (χ2n) is 4.39. The van der Waals surface area contributed by atoms with Crippen LogP contribution in [0, 0.1) is 0 Å². The van der Waals surface area contributed by atoms with Gasteiger partial charge in [-0.25, -0.2) is 9.97 Å². The lowest BCUT2D eigenvalue weighted by molar-refractivity contribution is -0.108. The third kappa shape index (κ3) is 2.50. The van der Waals surface area contributed by atoms with E-state index in [0.717, 1.165) is 5.56 Å². The molecule has 0 radical (unpaired) electrons. The molecule has 0 bridgehead atoms. The van der Waals surface area contributed by atoms with Crippen molar-refractivity contribution in [3.05, 3.63) is 57.4 Å². The van der Waals surface area contributed by atoms with Gasteiger partial charge in [-0.05, 0) is 28.1 Å². The number of rotatable bonds is 3. The quantitative estimate of drug-likeness (QED) is 0.541. The Morgan fingerprint density at radius 1 is 1.10 bits per heavy atom. The Hall–Kier alpha value is -2.34. The number of nitrogens with zero attached hydrogens (tertiary/aromatic N) is 3. The smallest absolute Gasteiger partial charge is 0.280 e. The van der Waals surface area contributed by atoms with Gasteiger partial charge in [-0.2, -0.15) is 0 Å². The Bertz CT molecular complexity index is 875. The van der Waals surface area contributed by atoms with Gasteiger partial charge in [0.25, 0.3) is 5.56 Å². The highest BCUT2D eigenvalue weighted by Crippen LogP contribution is 2.18. The van der Waals surface area contributed by atoms with Crippen LogP contribution < -0.4 is 5.56 Å². The first-order valence-electron chi connectivity index (χ1n) is 6.27. The number of aromatic nitrogens is 3. The first-order chi connectivity index (χ1) is 10.2. The third-order valence-corrected chi connectivity index (χ3v) is 3.50. The van der Waals surface area contributed by atoms with Gasteiger partial charge in [0, 0.05) is 5.56 Å². The summed E-state index contributed by atoms with van der Waals surface area (Å²) in [6, 6.07) is 12.8. The average Bonchev–Trinajstić information content (AvgIpc) is 2.51. The van der Waals surface area contributed by atoms with Crippen LogP contribution in [0.2, 0.25) is 0 Å². The predicted molar refractivity (Wildman–Crippen MR) is 83.0 cm³/mol. The van der Waals surface area contributed by atoms with E-state index in [1.165, 1.54) is 4.57 Å². The van der Waals surface area contributed by atoms with Gasteiger partial charge in [0.1, 0.15) is 16.7 Å². The van der Waals surface area contributed by atoms with Crippen LogP contribution in [0.25, 0.3) is 22.4 Å². The number of aldehydes is 1. The molecule has 0 N–H and O–H groups in total. The fourth-order valence-electron chi connectivity index (χ4n) is 2.13. The zero-order valence-corrected chi connectivity index (χ0v) is 12.4. The summed E-state index contributed by atoms with van der Waals surface area (Å²) in [4.78, 5) is 32.1. The SMILES string of the molecule is O=CCn1c(-c2ccccc2)nc2ccc(Br)nc2c1=O. The molecule has 0 atom stereocenters. The summed E-state index contributed by atoms with van der Waals surface area (Å²) in [5.41, 5.74) is 1.20. The molecule has 2 heterocycles. The van der Waals surface area contributed by atoms with Crippen molar-refractivity contribution in [3.63, 3.8) is 0 Å². The van der Waals surface area contributed by atoms with Crippen molar-refractivity contribution in [2.75, 3.05) is 0 Å². The van der Waals surface area contributed by atoms with Gasteiger partial charge < -0.3 is 4.79 Å². The summed E-state index contributed by atoms with van der Waals surface area (Å²) in [7, 11) is 0. The van der Waals surface area contributed by atoms with E-state index in [2.05, 4.69) is 25.9 Å². The predicted octanol–water partition coefficient (Wildman–Crippen LogP) is 2.42. The zero-order valence-electron chi connectivity index (χ0n) is 10.9. The first-order valence-corrected chi connectivity index (χ1v) is 7.06. The van der Waals surface area contributed by atoms with Crippen LogP contribution in [0.4, 0.5) is 0 Å². The van der Waals surface area contributed by atoms with E-state index in [0.29, 0.717) is 22.2 Å². The highest BCUT2D eigenvalue weighted by Gasteiger charge is 2.13. The monoisotopic (exact) mass is 343 g/mol. The van der Waals surface area contributed by atoms with Crippen LogP contribution in [-0.4, -0.2) is 20.8 Å². The Morgan fingerprint density at radius 2 is 1.86 bits per heavy atom. The number of carbonyl (C=O) groups is 1. The minimum atomic E-state index is -0.327. The molecule has 0 aliphatic carbocycles. The largest absolute Gasteiger partial charge is 0.301 e. The van der Waals surface area contributed by atoms with Crippen LogP contribution >= 0.6 is 15.9 Å². The number of halogens is 1. The van der Waals surface area contributed by atoms with Crippen LogP contribution in [0.5, 0.6) is 0 Å². The lowest BCUT2D eigenvalue weighted by atomic mass is 10.2. The summed E-state index contributed by atoms with van der Waals surface area (Å²) >= 11 is 3.24. The molecular formula is C15H10BrN3O2. The molecule has 21 heavy (non-hydrogen) atoms. The molecule has 1 aromatic carbocycles. The van der Waals surface area contributed by atoms with Crippen molar-refractivity contribution in [2.24, 2.45) is 0 Å². The van der Waals surface area contributed by atoms with Crippen LogP contribution in [0.1, 0.15) is 0 Å². The number of fused-ring (bicyclic) bond motifs is 1. The van der Waals surface area contributed by atoms with E-state index >= 15 is 0 Å². The van der Waals surface area contributed by atoms with E-state index in [1.807, 2.05) is 30.3 Å². The lowest BCUT2D eigenvalue weighted by Crippen LogP contribution is -2.25. The van der Waals surface area contributed by atoms with Gasteiger partial charge in [0.15, 0.2) is 5.52 Å². The topological polar surface area (TPSA) is 64.8 Å². The average molecular weight is 344 g/mol. The van der Waals surface area contributed by atoms with Crippen molar-refractivity contribution < 1.29 is 4.79 Å². The molecule has 5 nitrogen and oxygen atoms in total. The van der Waals surface area contributed by atoms with Gasteiger partial charge in [0.05, 0.1) is 12.1 Å². The molecule has 6 heteroatoms.